The summed E-state index contributed by atoms with van der Waals surface area (Å²) < 4.78 is 0. The van der Waals surface area contributed by atoms with E-state index in [1.165, 1.54) is 0 Å². The molecule has 4 heteroatoms. The molecular weight excluding hydrogens is 172 g/mol. The first kappa shape index (κ1) is 12.8. The fraction of sp³-hybridized carbons (Fsp3) is 1.00. The molecule has 0 aliphatic heterocycles. The van der Waals surface area contributed by atoms with E-state index in [0.29, 0.717) is 0 Å². The van der Waals surface area contributed by atoms with E-state index in [-0.39, 0.29) is 12.0 Å². The fourth-order valence-corrected chi connectivity index (χ4v) is 1.27. The van der Waals surface area contributed by atoms with Gasteiger partial charge in [0.15, 0.2) is 0 Å². The van der Waals surface area contributed by atoms with Crippen molar-refractivity contribution in [2.24, 2.45) is 11.3 Å². The van der Waals surface area contributed by atoms with Gasteiger partial charge < -0.3 is 20.4 Å². The van der Waals surface area contributed by atoms with Crippen molar-refractivity contribution in [2.45, 2.75) is 33.0 Å². The Balaban J connectivity index is 4.40. The first-order valence-corrected chi connectivity index (χ1v) is 4.42. The highest BCUT2D eigenvalue weighted by atomic mass is 16.4. The van der Waals surface area contributed by atoms with Crippen LogP contribution >= 0.6 is 0 Å². The molecule has 0 aliphatic rings. The lowest BCUT2D eigenvalue weighted by Gasteiger charge is -2.34. The Morgan fingerprint density at radius 1 is 1.00 bits per heavy atom. The second-order valence-corrected chi connectivity index (χ2v) is 4.40. The van der Waals surface area contributed by atoms with E-state index in [2.05, 4.69) is 0 Å². The fourth-order valence-electron chi connectivity index (χ4n) is 1.27. The van der Waals surface area contributed by atoms with Gasteiger partial charge in [-0.2, -0.15) is 0 Å². The summed E-state index contributed by atoms with van der Waals surface area (Å²) in [5.74, 6) is -0.436. The van der Waals surface area contributed by atoms with Crippen molar-refractivity contribution in [2.75, 3.05) is 13.2 Å². The van der Waals surface area contributed by atoms with Crippen LogP contribution in [-0.4, -0.2) is 45.8 Å². The zero-order valence-electron chi connectivity index (χ0n) is 8.44. The zero-order valence-corrected chi connectivity index (χ0v) is 8.44. The Kier molecular flexibility index (Phi) is 4.85. The smallest absolute Gasteiger partial charge is 0.103 e. The second-order valence-electron chi connectivity index (χ2n) is 4.40. The van der Waals surface area contributed by atoms with Gasteiger partial charge in [-0.15, -0.1) is 0 Å². The molecular formula is C9H20O4. The lowest BCUT2D eigenvalue weighted by atomic mass is 9.76. The van der Waals surface area contributed by atoms with Crippen molar-refractivity contribution < 1.29 is 20.4 Å². The van der Waals surface area contributed by atoms with Crippen LogP contribution in [0.5, 0.6) is 0 Å². The van der Waals surface area contributed by atoms with Crippen molar-refractivity contribution in [3.63, 3.8) is 0 Å². The van der Waals surface area contributed by atoms with Crippen molar-refractivity contribution >= 4 is 0 Å². The van der Waals surface area contributed by atoms with Gasteiger partial charge in [0.25, 0.3) is 0 Å². The summed E-state index contributed by atoms with van der Waals surface area (Å²) in [4.78, 5) is 0. The first-order valence-electron chi connectivity index (χ1n) is 4.42. The summed E-state index contributed by atoms with van der Waals surface area (Å²) in [6.07, 6.45) is -2.27. The van der Waals surface area contributed by atoms with Crippen molar-refractivity contribution in [1.82, 2.24) is 0 Å². The summed E-state index contributed by atoms with van der Waals surface area (Å²) >= 11 is 0. The maximum absolute atomic E-state index is 9.54. The van der Waals surface area contributed by atoms with Crippen LogP contribution in [0.15, 0.2) is 0 Å². The van der Waals surface area contributed by atoms with E-state index < -0.39 is 24.7 Å². The highest BCUT2D eigenvalue weighted by Gasteiger charge is 2.34. The number of rotatable bonds is 4. The van der Waals surface area contributed by atoms with Gasteiger partial charge in [0.1, 0.15) is 6.10 Å². The summed E-state index contributed by atoms with van der Waals surface area (Å²) in [6, 6.07) is 0. The normalized spacial score (nSPS) is 19.6. The van der Waals surface area contributed by atoms with Crippen LogP contribution in [0.3, 0.4) is 0 Å². The maximum atomic E-state index is 9.54. The van der Waals surface area contributed by atoms with Crippen molar-refractivity contribution in [1.29, 1.82) is 0 Å². The van der Waals surface area contributed by atoms with Gasteiger partial charge in [-0.3, -0.25) is 0 Å². The van der Waals surface area contributed by atoms with Gasteiger partial charge in [-0.25, -0.2) is 0 Å². The average Bonchev–Trinajstić information content (AvgIpc) is 2.01. The van der Waals surface area contributed by atoms with Gasteiger partial charge in [0, 0.05) is 12.5 Å². The van der Waals surface area contributed by atoms with Crippen molar-refractivity contribution in [3.05, 3.63) is 0 Å². The monoisotopic (exact) mass is 192 g/mol. The Hall–Kier alpha value is -0.160. The molecule has 0 rings (SSSR count). The number of aliphatic hydroxyl groups excluding tert-OH is 4. The molecule has 3 atom stereocenters. The Morgan fingerprint density at radius 2 is 1.46 bits per heavy atom. The molecule has 0 heterocycles. The largest absolute Gasteiger partial charge is 0.396 e. The molecule has 0 aromatic heterocycles. The third-order valence-corrected chi connectivity index (χ3v) is 2.30. The summed E-state index contributed by atoms with van der Waals surface area (Å²) in [5, 5.41) is 36.4. The predicted molar refractivity (Wildman–Crippen MR) is 49.1 cm³/mol. The molecule has 1 unspecified atom stereocenters. The SMILES string of the molecule is CC(C)(C)C(CO)[C@H](O)[C@@H](O)CO. The molecule has 0 amide bonds. The number of hydrogen-bond donors (Lipinski definition) is 4. The standard InChI is InChI=1S/C9H20O4/c1-9(2,3)6(4-10)8(13)7(12)5-11/h6-8,10-13H,4-5H2,1-3H3/t6?,7-,8-/m0/s1. The van der Waals surface area contributed by atoms with Gasteiger partial charge in [-0.05, 0) is 5.41 Å². The molecule has 0 aliphatic carbocycles. The topological polar surface area (TPSA) is 80.9 Å². The van der Waals surface area contributed by atoms with E-state index in [0.717, 1.165) is 0 Å². The summed E-state index contributed by atoms with van der Waals surface area (Å²) in [5.41, 5.74) is -0.301. The average molecular weight is 192 g/mol. The maximum Gasteiger partial charge on any atom is 0.103 e. The molecule has 80 valence electrons. The molecule has 4 nitrogen and oxygen atoms in total. The van der Waals surface area contributed by atoms with Crippen LogP contribution in [0.25, 0.3) is 0 Å². The minimum absolute atomic E-state index is 0.207. The Morgan fingerprint density at radius 3 is 1.69 bits per heavy atom. The molecule has 0 saturated heterocycles. The van der Waals surface area contributed by atoms with E-state index in [4.69, 9.17) is 10.2 Å². The molecule has 0 radical (unpaired) electrons. The predicted octanol–water partition coefficient (Wildman–Crippen LogP) is -0.645. The lowest BCUT2D eigenvalue weighted by Crippen LogP contribution is -2.43. The van der Waals surface area contributed by atoms with Gasteiger partial charge in [-0.1, -0.05) is 20.8 Å². The zero-order chi connectivity index (χ0) is 10.6. The quantitative estimate of drug-likeness (QED) is 0.477. The Bertz CT molecular complexity index is 141. The summed E-state index contributed by atoms with van der Waals surface area (Å²) in [7, 11) is 0. The summed E-state index contributed by atoms with van der Waals surface area (Å²) in [6.45, 7) is 4.89. The molecule has 0 fully saturated rings. The van der Waals surface area contributed by atoms with Crippen molar-refractivity contribution in [3.8, 4) is 0 Å². The van der Waals surface area contributed by atoms with Gasteiger partial charge in [0.05, 0.1) is 12.7 Å². The van der Waals surface area contributed by atoms with Crippen LogP contribution in [0.4, 0.5) is 0 Å². The minimum Gasteiger partial charge on any atom is -0.396 e. The minimum atomic E-state index is -1.18. The first-order chi connectivity index (χ1) is 5.84. The lowest BCUT2D eigenvalue weighted by molar-refractivity contribution is -0.0823. The molecule has 0 saturated carbocycles. The molecule has 13 heavy (non-hydrogen) atoms. The van der Waals surface area contributed by atoms with E-state index in [1.54, 1.807) is 0 Å². The molecule has 4 N–H and O–H groups in total. The number of aliphatic hydroxyl groups is 4. The van der Waals surface area contributed by atoms with Gasteiger partial charge in [0.2, 0.25) is 0 Å². The highest BCUT2D eigenvalue weighted by molar-refractivity contribution is 4.83. The number of hydrogen-bond acceptors (Lipinski definition) is 4. The van der Waals surface area contributed by atoms with Crippen LogP contribution < -0.4 is 0 Å². The second kappa shape index (κ2) is 4.91. The Labute approximate surface area is 78.8 Å². The van der Waals surface area contributed by atoms with Crippen LogP contribution in [0.1, 0.15) is 20.8 Å². The van der Waals surface area contributed by atoms with E-state index in [9.17, 15) is 10.2 Å². The van der Waals surface area contributed by atoms with Crippen LogP contribution in [0.2, 0.25) is 0 Å². The van der Waals surface area contributed by atoms with Gasteiger partial charge >= 0.3 is 0 Å². The molecule has 0 spiro atoms. The highest BCUT2D eigenvalue weighted by Crippen LogP contribution is 2.29. The van der Waals surface area contributed by atoms with Crippen LogP contribution in [-0.2, 0) is 0 Å². The van der Waals surface area contributed by atoms with Crippen LogP contribution in [0, 0.1) is 11.3 Å². The third kappa shape index (κ3) is 3.60. The molecule has 0 bridgehead atoms. The molecule has 0 aromatic rings. The van der Waals surface area contributed by atoms with E-state index >= 15 is 0 Å². The third-order valence-electron chi connectivity index (χ3n) is 2.30. The molecule has 0 aromatic carbocycles. The van der Waals surface area contributed by atoms with E-state index in [1.807, 2.05) is 20.8 Å².